The summed E-state index contributed by atoms with van der Waals surface area (Å²) in [7, 11) is 0. The van der Waals surface area contributed by atoms with Crippen molar-refractivity contribution in [2.45, 2.75) is 12.1 Å². The van der Waals surface area contributed by atoms with Gasteiger partial charge in [0.2, 0.25) is 0 Å². The van der Waals surface area contributed by atoms with E-state index in [1.807, 2.05) is 6.92 Å². The van der Waals surface area contributed by atoms with Gasteiger partial charge in [0.05, 0.1) is 18.6 Å². The average molecular weight is 332 g/mol. The number of benzene rings is 1. The molecule has 0 saturated heterocycles. The van der Waals surface area contributed by atoms with Crippen LogP contribution >= 0.6 is 11.8 Å². The Balaban J connectivity index is 1.84. The van der Waals surface area contributed by atoms with Crippen molar-refractivity contribution in [1.82, 2.24) is 15.4 Å². The highest BCUT2D eigenvalue weighted by Crippen LogP contribution is 2.26. The maximum absolute atomic E-state index is 11.7. The van der Waals surface area contributed by atoms with E-state index in [0.717, 1.165) is 0 Å². The summed E-state index contributed by atoms with van der Waals surface area (Å²) in [6, 6.07) is 6.53. The number of rotatable bonds is 7. The lowest BCUT2D eigenvalue weighted by Crippen LogP contribution is -2.19. The van der Waals surface area contributed by atoms with Crippen molar-refractivity contribution in [3.8, 4) is 11.5 Å². The molecular weight excluding hydrogens is 316 g/mol. The smallest absolute Gasteiger partial charge is 0.250 e. The Morgan fingerprint density at radius 2 is 2.22 bits per heavy atom. The summed E-state index contributed by atoms with van der Waals surface area (Å²) in [4.78, 5) is 19.7. The van der Waals surface area contributed by atoms with Gasteiger partial charge < -0.3 is 9.84 Å². The molecular formula is C15H16N4O3S. The van der Waals surface area contributed by atoms with Gasteiger partial charge in [0, 0.05) is 12.4 Å². The first-order chi connectivity index (χ1) is 11.2. The summed E-state index contributed by atoms with van der Waals surface area (Å²) < 4.78 is 5.28. The zero-order valence-corrected chi connectivity index (χ0v) is 13.3. The van der Waals surface area contributed by atoms with Crippen LogP contribution in [0.2, 0.25) is 0 Å². The highest BCUT2D eigenvalue weighted by molar-refractivity contribution is 7.99. The Hall–Kier alpha value is -2.61. The molecule has 2 aromatic rings. The quantitative estimate of drug-likeness (QED) is 0.347. The largest absolute Gasteiger partial charge is 0.504 e. The molecule has 0 aliphatic rings. The van der Waals surface area contributed by atoms with Crippen molar-refractivity contribution < 1.29 is 14.6 Å². The highest BCUT2D eigenvalue weighted by atomic mass is 32.2. The van der Waals surface area contributed by atoms with Gasteiger partial charge >= 0.3 is 0 Å². The maximum atomic E-state index is 11.7. The lowest BCUT2D eigenvalue weighted by molar-refractivity contribution is -0.118. The average Bonchev–Trinajstić information content (AvgIpc) is 2.57. The van der Waals surface area contributed by atoms with E-state index in [2.05, 4.69) is 20.5 Å². The second-order valence-electron chi connectivity index (χ2n) is 4.27. The number of hydrazone groups is 1. The molecule has 0 unspecified atom stereocenters. The fourth-order valence-corrected chi connectivity index (χ4v) is 2.18. The summed E-state index contributed by atoms with van der Waals surface area (Å²) in [6.45, 7) is 2.28. The fourth-order valence-electron chi connectivity index (χ4n) is 1.58. The van der Waals surface area contributed by atoms with Crippen LogP contribution in [0.5, 0.6) is 11.5 Å². The third-order valence-electron chi connectivity index (χ3n) is 2.56. The summed E-state index contributed by atoms with van der Waals surface area (Å²) in [5, 5.41) is 14.0. The van der Waals surface area contributed by atoms with E-state index in [-0.39, 0.29) is 17.4 Å². The number of phenols is 1. The van der Waals surface area contributed by atoms with E-state index in [4.69, 9.17) is 4.74 Å². The normalized spacial score (nSPS) is 10.7. The molecule has 2 N–H and O–H groups in total. The van der Waals surface area contributed by atoms with Gasteiger partial charge in [0.15, 0.2) is 16.7 Å². The molecule has 23 heavy (non-hydrogen) atoms. The van der Waals surface area contributed by atoms with Crippen molar-refractivity contribution >= 4 is 23.9 Å². The van der Waals surface area contributed by atoms with E-state index in [1.165, 1.54) is 24.0 Å². The molecule has 0 bridgehead atoms. The zero-order valence-electron chi connectivity index (χ0n) is 12.5. The van der Waals surface area contributed by atoms with Gasteiger partial charge in [-0.1, -0.05) is 11.8 Å². The van der Waals surface area contributed by atoms with Crippen molar-refractivity contribution in [1.29, 1.82) is 0 Å². The first kappa shape index (κ1) is 16.8. The van der Waals surface area contributed by atoms with Gasteiger partial charge in [-0.2, -0.15) is 5.10 Å². The number of phenolic OH excluding ortho intramolecular Hbond substituents is 1. The second-order valence-corrected chi connectivity index (χ2v) is 5.22. The van der Waals surface area contributed by atoms with E-state index >= 15 is 0 Å². The summed E-state index contributed by atoms with van der Waals surface area (Å²) in [5.41, 5.74) is 3.12. The molecule has 0 aliphatic heterocycles. The van der Waals surface area contributed by atoms with Crippen LogP contribution in [-0.4, -0.2) is 39.6 Å². The topological polar surface area (TPSA) is 96.7 Å². The zero-order chi connectivity index (χ0) is 16.5. The number of hydrogen-bond acceptors (Lipinski definition) is 7. The van der Waals surface area contributed by atoms with E-state index in [0.29, 0.717) is 23.1 Å². The third-order valence-corrected chi connectivity index (χ3v) is 3.44. The first-order valence-electron chi connectivity index (χ1n) is 6.86. The number of thioether (sulfide) groups is 1. The van der Waals surface area contributed by atoms with Crippen LogP contribution in [-0.2, 0) is 4.79 Å². The molecule has 0 aliphatic carbocycles. The molecule has 0 atom stereocenters. The van der Waals surface area contributed by atoms with Crippen LogP contribution in [0.15, 0.2) is 46.9 Å². The number of aromatic nitrogens is 2. The number of carbonyl (C=O) groups excluding carboxylic acids is 1. The van der Waals surface area contributed by atoms with Crippen LogP contribution < -0.4 is 10.2 Å². The molecule has 1 heterocycles. The molecule has 0 saturated carbocycles. The van der Waals surface area contributed by atoms with E-state index in [9.17, 15) is 9.90 Å². The Bertz CT molecular complexity index is 680. The molecule has 7 nitrogen and oxygen atoms in total. The van der Waals surface area contributed by atoms with Crippen molar-refractivity contribution in [2.24, 2.45) is 5.10 Å². The third kappa shape index (κ3) is 5.59. The predicted molar refractivity (Wildman–Crippen MR) is 87.8 cm³/mol. The number of nitrogens with zero attached hydrogens (tertiary/aromatic N) is 3. The van der Waals surface area contributed by atoms with Crippen molar-refractivity contribution in [2.75, 3.05) is 12.4 Å². The Kier molecular flexibility index (Phi) is 6.37. The van der Waals surface area contributed by atoms with Gasteiger partial charge in [-0.3, -0.25) is 4.79 Å². The van der Waals surface area contributed by atoms with Crippen LogP contribution in [0.25, 0.3) is 0 Å². The van der Waals surface area contributed by atoms with Crippen molar-refractivity contribution in [3.05, 3.63) is 42.2 Å². The van der Waals surface area contributed by atoms with Gasteiger partial charge in [-0.15, -0.1) is 0 Å². The van der Waals surface area contributed by atoms with Gasteiger partial charge in [0.25, 0.3) is 5.91 Å². The number of hydrogen-bond donors (Lipinski definition) is 2. The number of carbonyl (C=O) groups is 1. The minimum atomic E-state index is -0.262. The molecule has 1 aromatic carbocycles. The molecule has 2 rings (SSSR count). The Morgan fingerprint density at radius 1 is 1.43 bits per heavy atom. The number of amides is 1. The molecule has 8 heteroatoms. The number of nitrogens with one attached hydrogen (secondary N) is 1. The molecule has 1 amide bonds. The minimum absolute atomic E-state index is 0.0623. The van der Waals surface area contributed by atoms with Crippen LogP contribution in [0.4, 0.5) is 0 Å². The Labute approximate surface area is 137 Å². The number of ether oxygens (including phenoxy) is 1. The van der Waals surface area contributed by atoms with Crippen LogP contribution in [0, 0.1) is 0 Å². The number of aromatic hydroxyl groups is 1. The lowest BCUT2D eigenvalue weighted by atomic mass is 10.2. The summed E-state index contributed by atoms with van der Waals surface area (Å²) in [6.07, 6.45) is 4.71. The predicted octanol–water partition coefficient (Wildman–Crippen LogP) is 1.82. The fraction of sp³-hybridized carbons (Fsp3) is 0.200. The molecule has 0 spiro atoms. The lowest BCUT2D eigenvalue weighted by Gasteiger charge is -2.06. The SMILES string of the molecule is CCOc1cc(C=NNC(=O)CSc2ncccn2)ccc1O. The van der Waals surface area contributed by atoms with E-state index in [1.54, 1.807) is 30.6 Å². The Morgan fingerprint density at radius 3 is 2.96 bits per heavy atom. The molecule has 1 aromatic heterocycles. The van der Waals surface area contributed by atoms with Crippen molar-refractivity contribution in [3.63, 3.8) is 0 Å². The standard InChI is InChI=1S/C15H16N4O3S/c1-2-22-13-8-11(4-5-12(13)20)9-18-19-14(21)10-23-15-16-6-3-7-17-15/h3-9,20H,2,10H2,1H3,(H,19,21). The second kappa shape index (κ2) is 8.74. The molecule has 0 radical (unpaired) electrons. The first-order valence-corrected chi connectivity index (χ1v) is 7.85. The monoisotopic (exact) mass is 332 g/mol. The van der Waals surface area contributed by atoms with E-state index < -0.39 is 0 Å². The summed E-state index contributed by atoms with van der Waals surface area (Å²) >= 11 is 1.22. The van der Waals surface area contributed by atoms with Crippen LogP contribution in [0.3, 0.4) is 0 Å². The highest BCUT2D eigenvalue weighted by Gasteiger charge is 2.04. The van der Waals surface area contributed by atoms with Gasteiger partial charge in [-0.05, 0) is 36.8 Å². The minimum Gasteiger partial charge on any atom is -0.504 e. The summed E-state index contributed by atoms with van der Waals surface area (Å²) in [5.74, 6) is 0.343. The van der Waals surface area contributed by atoms with Gasteiger partial charge in [-0.25, -0.2) is 15.4 Å². The molecule has 0 fully saturated rings. The van der Waals surface area contributed by atoms with Gasteiger partial charge in [0.1, 0.15) is 0 Å². The molecule has 120 valence electrons. The van der Waals surface area contributed by atoms with Crippen LogP contribution in [0.1, 0.15) is 12.5 Å². The maximum Gasteiger partial charge on any atom is 0.250 e.